The highest BCUT2D eigenvalue weighted by Crippen LogP contribution is 2.37. The van der Waals surface area contributed by atoms with Crippen LogP contribution >= 0.6 is 0 Å². The molecule has 27 heteroatoms. The van der Waals surface area contributed by atoms with Gasteiger partial charge in [-0.25, -0.2) is 0 Å². The van der Waals surface area contributed by atoms with Crippen LogP contribution in [0.2, 0.25) is 0 Å². The summed E-state index contributed by atoms with van der Waals surface area (Å²) in [5, 5.41) is 169. The molecule has 0 bridgehead atoms. The maximum absolute atomic E-state index is 11.5. The molecule has 6 aliphatic heterocycles. The number of hydrogen-bond donors (Lipinski definition) is 16. The van der Waals surface area contributed by atoms with Crippen molar-refractivity contribution in [1.82, 2.24) is 0 Å². The average molecular weight is 899 g/mol. The van der Waals surface area contributed by atoms with Gasteiger partial charge >= 0.3 is 0 Å². The molecule has 28 atom stereocenters. The lowest BCUT2D eigenvalue weighted by atomic mass is 9.95. The molecular formula is C34H58O27. The van der Waals surface area contributed by atoms with Gasteiger partial charge in [0.05, 0.1) is 38.6 Å². The van der Waals surface area contributed by atoms with E-state index in [2.05, 4.69) is 0 Å². The van der Waals surface area contributed by atoms with E-state index in [0.29, 0.717) is 0 Å². The van der Waals surface area contributed by atoms with Crippen molar-refractivity contribution in [3.63, 3.8) is 0 Å². The van der Waals surface area contributed by atoms with Crippen LogP contribution in [0.3, 0.4) is 0 Å². The van der Waals surface area contributed by atoms with Crippen molar-refractivity contribution in [1.29, 1.82) is 0 Å². The number of hydrogen-bond acceptors (Lipinski definition) is 27. The topological polar surface area (TPSA) is 425 Å². The Morgan fingerprint density at radius 1 is 0.361 bits per heavy atom. The fourth-order valence-corrected chi connectivity index (χ4v) is 7.79. The molecule has 0 unspecified atom stereocenters. The van der Waals surface area contributed by atoms with Gasteiger partial charge in [0.25, 0.3) is 0 Å². The first-order valence-corrected chi connectivity index (χ1v) is 19.7. The van der Waals surface area contributed by atoms with Gasteiger partial charge < -0.3 is 134 Å². The maximum atomic E-state index is 11.5. The summed E-state index contributed by atoms with van der Waals surface area (Å²) in [6.07, 6.45) is -49.4. The predicted molar refractivity (Wildman–Crippen MR) is 184 cm³/mol. The third kappa shape index (κ3) is 10.2. The Labute approximate surface area is 346 Å². The molecule has 61 heavy (non-hydrogen) atoms. The quantitative estimate of drug-likeness (QED) is 0.0865. The Hall–Kier alpha value is -1.08. The summed E-state index contributed by atoms with van der Waals surface area (Å²) < 4.78 is 62.5. The zero-order valence-corrected chi connectivity index (χ0v) is 32.6. The van der Waals surface area contributed by atoms with Crippen molar-refractivity contribution < 1.29 is 134 Å². The smallest absolute Gasteiger partial charge is 0.187 e. The van der Waals surface area contributed by atoms with E-state index in [1.165, 1.54) is 13.8 Å². The molecule has 6 heterocycles. The molecular weight excluding hydrogens is 840 g/mol. The number of aliphatic hydroxyl groups is 16. The predicted octanol–water partition coefficient (Wildman–Crippen LogP) is -10.8. The fourth-order valence-electron chi connectivity index (χ4n) is 7.79. The first-order valence-electron chi connectivity index (χ1n) is 19.7. The molecule has 16 N–H and O–H groups in total. The zero-order valence-electron chi connectivity index (χ0n) is 32.6. The van der Waals surface area contributed by atoms with Gasteiger partial charge in [0.15, 0.2) is 37.7 Å². The van der Waals surface area contributed by atoms with Crippen LogP contribution in [0.1, 0.15) is 13.8 Å². The summed E-state index contributed by atoms with van der Waals surface area (Å²) in [6, 6.07) is 0. The van der Waals surface area contributed by atoms with E-state index in [9.17, 15) is 81.7 Å². The van der Waals surface area contributed by atoms with E-state index in [1.807, 2.05) is 0 Å². The van der Waals surface area contributed by atoms with Crippen molar-refractivity contribution >= 4 is 0 Å². The minimum Gasteiger partial charge on any atom is -0.394 e. The Bertz CT molecular complexity index is 1370. The van der Waals surface area contributed by atoms with Crippen molar-refractivity contribution in [2.45, 2.75) is 186 Å². The molecule has 0 aliphatic carbocycles. The highest BCUT2D eigenvalue weighted by atomic mass is 16.8. The molecule has 0 aromatic carbocycles. The fraction of sp³-hybridized carbons (Fsp3) is 1.00. The lowest BCUT2D eigenvalue weighted by Crippen LogP contribution is -2.68. The highest BCUT2D eigenvalue weighted by Gasteiger charge is 2.57. The molecule has 0 aromatic heterocycles. The summed E-state index contributed by atoms with van der Waals surface area (Å²) in [5.41, 5.74) is 0. The third-order valence-corrected chi connectivity index (χ3v) is 11.6. The van der Waals surface area contributed by atoms with Crippen LogP contribution in [0, 0.1) is 0 Å². The van der Waals surface area contributed by atoms with Gasteiger partial charge in [0, 0.05) is 0 Å². The van der Waals surface area contributed by atoms with E-state index in [0.717, 1.165) is 0 Å². The Balaban J connectivity index is 1.23. The van der Waals surface area contributed by atoms with Gasteiger partial charge in [-0.1, -0.05) is 0 Å². The molecule has 27 nitrogen and oxygen atoms in total. The molecule has 0 spiro atoms. The molecule has 356 valence electrons. The van der Waals surface area contributed by atoms with Gasteiger partial charge in [-0.2, -0.15) is 0 Å². The first-order chi connectivity index (χ1) is 28.8. The second kappa shape index (κ2) is 20.6. The third-order valence-electron chi connectivity index (χ3n) is 11.6. The highest BCUT2D eigenvalue weighted by molar-refractivity contribution is 4.99. The second-order valence-corrected chi connectivity index (χ2v) is 15.8. The van der Waals surface area contributed by atoms with E-state index >= 15 is 0 Å². The molecule has 0 aromatic rings. The molecule has 0 radical (unpaired) electrons. The normalized spacial score (nSPS) is 55.0. The summed E-state index contributed by atoms with van der Waals surface area (Å²) in [4.78, 5) is 0. The standard InChI is InChI=1S/C34H58O27/c1-7-13(39)17(43)27(60-30-21(47)15(41)9(37)5-51-30)33(53-7)57-25-12(4-36)56-32(23(49)19(25)45)59-26-14(40)8(2)54-34(28(26)61-31-22(48)16(42)10(38)6-52-31)58-24-11(3-35)55-29(50)20(46)18(24)44/h7-50H,3-6H2,1-2H3/t7-,8+,9-,10-,11+,12+,13-,14+,15+,16+,17+,18+,19+,20-,21-,22-,23-,24+,25+,26-,27+,28-,29-,30+,31+,32+,33-,34+/m0/s1. The molecule has 6 saturated heterocycles. The van der Waals surface area contributed by atoms with Gasteiger partial charge in [0.1, 0.15) is 122 Å². The minimum absolute atomic E-state index is 0.502. The van der Waals surface area contributed by atoms with Crippen molar-refractivity contribution in [3.05, 3.63) is 0 Å². The summed E-state index contributed by atoms with van der Waals surface area (Å²) in [5.74, 6) is 0. The Kier molecular flexibility index (Phi) is 16.7. The number of aliphatic hydroxyl groups excluding tert-OH is 16. The van der Waals surface area contributed by atoms with Crippen LogP contribution in [-0.2, 0) is 52.1 Å². The molecule has 0 saturated carbocycles. The molecule has 0 amide bonds. The van der Waals surface area contributed by atoms with Crippen LogP contribution in [0.15, 0.2) is 0 Å². The van der Waals surface area contributed by atoms with Crippen LogP contribution in [0.4, 0.5) is 0 Å². The van der Waals surface area contributed by atoms with E-state index < -0.39 is 198 Å². The van der Waals surface area contributed by atoms with Gasteiger partial charge in [-0.15, -0.1) is 0 Å². The number of ether oxygens (including phenoxy) is 11. The minimum atomic E-state index is -2.15. The van der Waals surface area contributed by atoms with Gasteiger partial charge in [-0.05, 0) is 13.8 Å². The lowest BCUT2D eigenvalue weighted by molar-refractivity contribution is -0.406. The SMILES string of the molecule is C[C@@H]1O[C@@H](O[C@H]2[C@H](O)[C@H](O)[C@@H](O[C@H]3[C@H](O)[C@@H](C)O[C@H](O[C@H]4[C@H](O)[C@H](O)[C@@H](O)O[C@@H]4CO)[C@H]3O[C@H]3OC[C@H](O)[C@@H](O)[C@@H]3O)O[C@@H]2CO)[C@H](O[C@H]2OC[C@H](O)[C@@H](O)[C@@H]2O)[C@H](O)[C@H]1O. The van der Waals surface area contributed by atoms with Gasteiger partial charge in [0.2, 0.25) is 0 Å². The van der Waals surface area contributed by atoms with Crippen molar-refractivity contribution in [2.24, 2.45) is 0 Å². The van der Waals surface area contributed by atoms with Crippen LogP contribution in [0.5, 0.6) is 0 Å². The average Bonchev–Trinajstić information content (AvgIpc) is 3.23. The summed E-state index contributed by atoms with van der Waals surface area (Å²) >= 11 is 0. The number of rotatable bonds is 12. The van der Waals surface area contributed by atoms with Crippen LogP contribution in [-0.4, -0.2) is 280 Å². The summed E-state index contributed by atoms with van der Waals surface area (Å²) in [7, 11) is 0. The Morgan fingerprint density at radius 3 is 1.28 bits per heavy atom. The van der Waals surface area contributed by atoms with Crippen molar-refractivity contribution in [3.8, 4) is 0 Å². The summed E-state index contributed by atoms with van der Waals surface area (Å²) in [6.45, 7) is -0.256. The van der Waals surface area contributed by atoms with Crippen LogP contribution < -0.4 is 0 Å². The largest absolute Gasteiger partial charge is 0.394 e. The molecule has 6 fully saturated rings. The monoisotopic (exact) mass is 898 g/mol. The van der Waals surface area contributed by atoms with E-state index in [1.54, 1.807) is 0 Å². The molecule has 6 rings (SSSR count). The second-order valence-electron chi connectivity index (χ2n) is 15.8. The zero-order chi connectivity index (χ0) is 44.8. The maximum Gasteiger partial charge on any atom is 0.187 e. The molecule has 6 aliphatic rings. The van der Waals surface area contributed by atoms with E-state index in [-0.39, 0.29) is 0 Å². The Morgan fingerprint density at radius 2 is 0.754 bits per heavy atom. The van der Waals surface area contributed by atoms with Crippen LogP contribution in [0.25, 0.3) is 0 Å². The van der Waals surface area contributed by atoms with Crippen molar-refractivity contribution in [2.75, 3.05) is 26.4 Å². The van der Waals surface area contributed by atoms with Gasteiger partial charge in [-0.3, -0.25) is 0 Å². The first kappa shape index (κ1) is 49.4. The van der Waals surface area contributed by atoms with E-state index in [4.69, 9.17) is 52.1 Å². The lowest BCUT2D eigenvalue weighted by Gasteiger charge is -2.50.